The van der Waals surface area contributed by atoms with Gasteiger partial charge in [-0.2, -0.15) is 5.10 Å². The van der Waals surface area contributed by atoms with Gasteiger partial charge in [0.1, 0.15) is 11.3 Å². The normalized spacial score (nSPS) is 10.7. The zero-order chi connectivity index (χ0) is 22.1. The van der Waals surface area contributed by atoms with E-state index in [1.807, 2.05) is 24.3 Å². The number of pyridine rings is 1. The van der Waals surface area contributed by atoms with Crippen molar-refractivity contribution in [3.8, 4) is 17.2 Å². The van der Waals surface area contributed by atoms with Crippen LogP contribution in [0.1, 0.15) is 12.5 Å². The fraction of sp³-hybridized carbons (Fsp3) is 0.182. The minimum Gasteiger partial charge on any atom is -0.490 e. The Kier molecular flexibility index (Phi) is 7.36. The Balaban J connectivity index is 1.57. The molecule has 31 heavy (non-hydrogen) atoms. The van der Waals surface area contributed by atoms with E-state index in [0.717, 1.165) is 5.39 Å². The van der Waals surface area contributed by atoms with Crippen molar-refractivity contribution < 1.29 is 28.9 Å². The molecule has 9 heteroatoms. The van der Waals surface area contributed by atoms with Gasteiger partial charge >= 0.3 is 5.97 Å². The molecule has 0 atom stereocenters. The predicted molar refractivity (Wildman–Crippen MR) is 114 cm³/mol. The minimum atomic E-state index is -1.09. The van der Waals surface area contributed by atoms with Crippen LogP contribution < -0.4 is 19.6 Å². The van der Waals surface area contributed by atoms with Gasteiger partial charge in [0.15, 0.2) is 24.7 Å². The molecule has 0 aliphatic rings. The first kappa shape index (κ1) is 21.6. The average molecular weight is 423 g/mol. The van der Waals surface area contributed by atoms with Gasteiger partial charge < -0.3 is 19.3 Å². The second kappa shape index (κ2) is 10.6. The lowest BCUT2D eigenvalue weighted by Gasteiger charge is -2.11. The average Bonchev–Trinajstić information content (AvgIpc) is 2.77. The summed E-state index contributed by atoms with van der Waals surface area (Å²) in [6.07, 6.45) is 3.09. The number of ether oxygens (including phenoxy) is 3. The molecule has 1 amide bonds. The van der Waals surface area contributed by atoms with Crippen molar-refractivity contribution in [3.05, 3.63) is 60.3 Å². The lowest BCUT2D eigenvalue weighted by atomic mass is 10.2. The molecular formula is C22H21N3O6. The third-order valence-electron chi connectivity index (χ3n) is 3.98. The number of aromatic nitrogens is 1. The third-order valence-corrected chi connectivity index (χ3v) is 3.98. The third kappa shape index (κ3) is 6.17. The first-order valence-corrected chi connectivity index (χ1v) is 9.46. The first-order valence-electron chi connectivity index (χ1n) is 9.46. The number of fused-ring (bicyclic) bond motifs is 1. The fourth-order valence-corrected chi connectivity index (χ4v) is 2.68. The molecule has 1 heterocycles. The van der Waals surface area contributed by atoms with Crippen LogP contribution in [0.2, 0.25) is 0 Å². The summed E-state index contributed by atoms with van der Waals surface area (Å²) in [6, 6.07) is 14.1. The van der Waals surface area contributed by atoms with Gasteiger partial charge in [0, 0.05) is 11.6 Å². The summed E-state index contributed by atoms with van der Waals surface area (Å²) in [6.45, 7) is 1.48. The first-order chi connectivity index (χ1) is 15.1. The molecule has 0 bridgehead atoms. The smallest absolute Gasteiger partial charge is 0.341 e. The predicted octanol–water partition coefficient (Wildman–Crippen LogP) is 2.63. The van der Waals surface area contributed by atoms with Gasteiger partial charge in [0.2, 0.25) is 0 Å². The number of hydrogen-bond acceptors (Lipinski definition) is 7. The van der Waals surface area contributed by atoms with Gasteiger partial charge in [-0.1, -0.05) is 18.2 Å². The molecule has 2 N–H and O–H groups in total. The van der Waals surface area contributed by atoms with Gasteiger partial charge in [-0.3, -0.25) is 9.78 Å². The van der Waals surface area contributed by atoms with Gasteiger partial charge in [-0.25, -0.2) is 10.2 Å². The van der Waals surface area contributed by atoms with Crippen LogP contribution in [0.3, 0.4) is 0 Å². The maximum atomic E-state index is 12.0. The Labute approximate surface area is 178 Å². The van der Waals surface area contributed by atoms with E-state index in [1.54, 1.807) is 37.4 Å². The van der Waals surface area contributed by atoms with Gasteiger partial charge in [0.05, 0.1) is 12.8 Å². The van der Waals surface area contributed by atoms with Gasteiger partial charge in [-0.15, -0.1) is 0 Å². The number of hydrogen-bond donors (Lipinski definition) is 2. The molecule has 160 valence electrons. The molecular weight excluding hydrogens is 402 g/mol. The van der Waals surface area contributed by atoms with Crippen molar-refractivity contribution in [1.29, 1.82) is 0 Å². The van der Waals surface area contributed by atoms with E-state index in [-0.39, 0.29) is 6.61 Å². The Morgan fingerprint density at radius 1 is 1.03 bits per heavy atom. The zero-order valence-corrected chi connectivity index (χ0v) is 16.8. The van der Waals surface area contributed by atoms with E-state index < -0.39 is 18.5 Å². The number of rotatable bonds is 10. The number of carbonyl (C=O) groups excluding carboxylic acids is 1. The van der Waals surface area contributed by atoms with Crippen molar-refractivity contribution in [2.24, 2.45) is 5.10 Å². The number of nitrogens with zero attached hydrogens (tertiary/aromatic N) is 2. The highest BCUT2D eigenvalue weighted by Gasteiger charge is 2.09. The molecule has 2 aromatic carbocycles. The van der Waals surface area contributed by atoms with E-state index in [9.17, 15) is 9.59 Å². The Morgan fingerprint density at radius 2 is 1.84 bits per heavy atom. The topological polar surface area (TPSA) is 119 Å². The molecule has 3 aromatic rings. The van der Waals surface area contributed by atoms with Crippen LogP contribution >= 0.6 is 0 Å². The molecule has 0 aliphatic carbocycles. The van der Waals surface area contributed by atoms with E-state index in [2.05, 4.69) is 15.5 Å². The lowest BCUT2D eigenvalue weighted by molar-refractivity contribution is -0.139. The number of benzene rings is 2. The molecule has 0 aliphatic heterocycles. The van der Waals surface area contributed by atoms with E-state index in [1.165, 1.54) is 6.21 Å². The van der Waals surface area contributed by atoms with Crippen molar-refractivity contribution in [1.82, 2.24) is 10.4 Å². The molecule has 0 spiro atoms. The SMILES string of the molecule is CCOc1cc(/C=N/NC(=O)COc2cccc3cccnc23)ccc1OCC(=O)O. The van der Waals surface area contributed by atoms with Crippen LogP contribution in [0.25, 0.3) is 10.9 Å². The Morgan fingerprint density at radius 3 is 2.65 bits per heavy atom. The molecule has 1 aromatic heterocycles. The maximum absolute atomic E-state index is 12.0. The quantitative estimate of drug-likeness (QED) is 0.380. The monoisotopic (exact) mass is 423 g/mol. The Hall–Kier alpha value is -4.14. The van der Waals surface area contributed by atoms with Gasteiger partial charge in [0.25, 0.3) is 5.91 Å². The number of para-hydroxylation sites is 1. The zero-order valence-electron chi connectivity index (χ0n) is 16.8. The van der Waals surface area contributed by atoms with E-state index in [4.69, 9.17) is 19.3 Å². The molecule has 0 saturated carbocycles. The molecule has 0 unspecified atom stereocenters. The van der Waals surface area contributed by atoms with Crippen LogP contribution in [0.4, 0.5) is 0 Å². The number of nitrogens with one attached hydrogen (secondary N) is 1. The van der Waals surface area contributed by atoms with Crippen molar-refractivity contribution >= 4 is 29.0 Å². The number of amides is 1. The summed E-state index contributed by atoms with van der Waals surface area (Å²) in [4.78, 5) is 27.0. The minimum absolute atomic E-state index is 0.223. The van der Waals surface area contributed by atoms with Gasteiger partial charge in [-0.05, 0) is 42.8 Å². The number of carbonyl (C=O) groups is 2. The number of carboxylic acid groups (broad SMARTS) is 1. The van der Waals surface area contributed by atoms with Crippen LogP contribution in [-0.2, 0) is 9.59 Å². The van der Waals surface area contributed by atoms with Crippen molar-refractivity contribution in [2.75, 3.05) is 19.8 Å². The molecule has 0 radical (unpaired) electrons. The second-order valence-electron chi connectivity index (χ2n) is 6.23. The number of aliphatic carboxylic acids is 1. The van der Waals surface area contributed by atoms with Crippen LogP contribution in [0.15, 0.2) is 59.8 Å². The van der Waals surface area contributed by atoms with E-state index >= 15 is 0 Å². The second-order valence-corrected chi connectivity index (χ2v) is 6.23. The maximum Gasteiger partial charge on any atom is 0.341 e. The Bertz CT molecular complexity index is 1090. The lowest BCUT2D eigenvalue weighted by Crippen LogP contribution is -2.24. The highest BCUT2D eigenvalue weighted by Crippen LogP contribution is 2.28. The van der Waals surface area contributed by atoms with Crippen LogP contribution in [-0.4, -0.2) is 48.0 Å². The molecule has 0 fully saturated rings. The largest absolute Gasteiger partial charge is 0.490 e. The summed E-state index contributed by atoms with van der Waals surface area (Å²) in [5, 5.41) is 13.6. The summed E-state index contributed by atoms with van der Waals surface area (Å²) in [7, 11) is 0. The van der Waals surface area contributed by atoms with Crippen molar-refractivity contribution in [2.45, 2.75) is 6.92 Å². The summed E-state index contributed by atoms with van der Waals surface area (Å²) < 4.78 is 16.2. The molecule has 0 saturated heterocycles. The van der Waals surface area contributed by atoms with Crippen LogP contribution in [0.5, 0.6) is 17.2 Å². The molecule has 9 nitrogen and oxygen atoms in total. The standard InChI is InChI=1S/C22H21N3O6/c1-2-29-19-11-15(8-9-17(19)31-14-21(27)28)12-24-25-20(26)13-30-18-7-3-5-16-6-4-10-23-22(16)18/h3-12H,2,13-14H2,1H3,(H,25,26)(H,27,28)/b24-12+. The van der Waals surface area contributed by atoms with E-state index in [0.29, 0.717) is 34.9 Å². The number of hydrazone groups is 1. The summed E-state index contributed by atoms with van der Waals surface area (Å²) in [5.41, 5.74) is 3.70. The number of carboxylic acids is 1. The molecule has 3 rings (SSSR count). The summed E-state index contributed by atoms with van der Waals surface area (Å²) in [5.74, 6) is -0.322. The van der Waals surface area contributed by atoms with Crippen LogP contribution in [0, 0.1) is 0 Å². The fourth-order valence-electron chi connectivity index (χ4n) is 2.68. The summed E-state index contributed by atoms with van der Waals surface area (Å²) >= 11 is 0. The highest BCUT2D eigenvalue weighted by atomic mass is 16.5. The van der Waals surface area contributed by atoms with Crippen molar-refractivity contribution in [3.63, 3.8) is 0 Å². The highest BCUT2D eigenvalue weighted by molar-refractivity contribution is 5.86.